The van der Waals surface area contributed by atoms with Gasteiger partial charge < -0.3 is 15.1 Å². The van der Waals surface area contributed by atoms with Gasteiger partial charge in [0.25, 0.3) is 0 Å². The van der Waals surface area contributed by atoms with Crippen molar-refractivity contribution in [1.29, 1.82) is 0 Å². The molecule has 0 unspecified atom stereocenters. The van der Waals surface area contributed by atoms with E-state index in [0.717, 1.165) is 39.0 Å². The highest BCUT2D eigenvalue weighted by atomic mass is 16.2. The lowest BCUT2D eigenvalue weighted by Gasteiger charge is -2.37. The quantitative estimate of drug-likeness (QED) is 0.925. The largest absolute Gasteiger partial charge is 0.368 e. The van der Waals surface area contributed by atoms with Crippen molar-refractivity contribution in [3.05, 3.63) is 29.8 Å². The van der Waals surface area contributed by atoms with Gasteiger partial charge in [0.05, 0.1) is 0 Å². The highest BCUT2D eigenvalue weighted by Crippen LogP contribution is 2.28. The van der Waals surface area contributed by atoms with Gasteiger partial charge in [-0.25, -0.2) is 4.79 Å². The van der Waals surface area contributed by atoms with Crippen molar-refractivity contribution in [2.45, 2.75) is 51.5 Å². The van der Waals surface area contributed by atoms with E-state index < -0.39 is 0 Å². The van der Waals surface area contributed by atoms with E-state index in [1.165, 1.54) is 24.1 Å². The molecule has 1 N–H and O–H groups in total. The SMILES string of the molecule is CC(C)c1ccccc1N1CCN(C(=O)NC2CCCC2)CC1. The standard InChI is InChI=1S/C19H29N3O/c1-15(2)17-9-5-6-10-18(17)21-11-13-22(14-12-21)19(23)20-16-7-3-4-8-16/h5-6,9-10,15-16H,3-4,7-8,11-14H2,1-2H3,(H,20,23). The van der Waals surface area contributed by atoms with Crippen LogP contribution in [-0.2, 0) is 0 Å². The van der Waals surface area contributed by atoms with Gasteiger partial charge in [-0.1, -0.05) is 44.9 Å². The number of urea groups is 1. The van der Waals surface area contributed by atoms with Crippen LogP contribution in [0.2, 0.25) is 0 Å². The van der Waals surface area contributed by atoms with Gasteiger partial charge in [0, 0.05) is 37.9 Å². The number of amides is 2. The molecule has 1 aromatic carbocycles. The highest BCUT2D eigenvalue weighted by Gasteiger charge is 2.25. The summed E-state index contributed by atoms with van der Waals surface area (Å²) >= 11 is 0. The zero-order valence-electron chi connectivity index (χ0n) is 14.4. The van der Waals surface area contributed by atoms with Crippen molar-refractivity contribution in [1.82, 2.24) is 10.2 Å². The molecule has 1 saturated carbocycles. The van der Waals surface area contributed by atoms with Crippen LogP contribution in [0.15, 0.2) is 24.3 Å². The molecule has 1 aromatic rings. The van der Waals surface area contributed by atoms with Gasteiger partial charge in [0.1, 0.15) is 0 Å². The van der Waals surface area contributed by atoms with Crippen molar-refractivity contribution >= 4 is 11.7 Å². The Kier molecular flexibility index (Phi) is 5.09. The minimum Gasteiger partial charge on any atom is -0.368 e. The topological polar surface area (TPSA) is 35.6 Å². The van der Waals surface area contributed by atoms with Gasteiger partial charge in [-0.2, -0.15) is 0 Å². The molecule has 2 fully saturated rings. The fourth-order valence-corrected chi connectivity index (χ4v) is 3.75. The number of nitrogens with zero attached hydrogens (tertiary/aromatic N) is 2. The van der Waals surface area contributed by atoms with E-state index >= 15 is 0 Å². The first-order valence-corrected chi connectivity index (χ1v) is 9.04. The average molecular weight is 315 g/mol. The molecule has 1 saturated heterocycles. The lowest BCUT2D eigenvalue weighted by Crippen LogP contribution is -2.53. The van der Waals surface area contributed by atoms with Crippen molar-refractivity contribution < 1.29 is 4.79 Å². The molecule has 2 aliphatic rings. The van der Waals surface area contributed by atoms with Gasteiger partial charge in [-0.3, -0.25) is 0 Å². The fraction of sp³-hybridized carbons (Fsp3) is 0.632. The molecule has 0 aromatic heterocycles. The number of carbonyl (C=O) groups is 1. The number of piperazine rings is 1. The number of benzene rings is 1. The Labute approximate surface area is 139 Å². The summed E-state index contributed by atoms with van der Waals surface area (Å²) in [6.45, 7) is 7.94. The number of hydrogen-bond acceptors (Lipinski definition) is 2. The first-order valence-electron chi connectivity index (χ1n) is 9.04. The lowest BCUT2D eigenvalue weighted by molar-refractivity contribution is 0.190. The van der Waals surface area contributed by atoms with E-state index in [4.69, 9.17) is 0 Å². The number of carbonyl (C=O) groups excluding carboxylic acids is 1. The van der Waals surface area contributed by atoms with Crippen molar-refractivity contribution in [3.8, 4) is 0 Å². The average Bonchev–Trinajstić information content (AvgIpc) is 3.08. The van der Waals surface area contributed by atoms with Gasteiger partial charge in [-0.15, -0.1) is 0 Å². The minimum atomic E-state index is 0.133. The van der Waals surface area contributed by atoms with E-state index in [2.05, 4.69) is 48.3 Å². The second kappa shape index (κ2) is 7.24. The van der Waals surface area contributed by atoms with E-state index in [1.807, 2.05) is 4.90 Å². The monoisotopic (exact) mass is 315 g/mol. The molecular formula is C19H29N3O. The number of anilines is 1. The van der Waals surface area contributed by atoms with Gasteiger partial charge in [0.2, 0.25) is 0 Å². The van der Waals surface area contributed by atoms with Gasteiger partial charge in [0.15, 0.2) is 0 Å². The van der Waals surface area contributed by atoms with Crippen molar-refractivity contribution in [2.75, 3.05) is 31.1 Å². The Morgan fingerprint density at radius 2 is 1.74 bits per heavy atom. The lowest BCUT2D eigenvalue weighted by atomic mass is 10.00. The predicted octanol–water partition coefficient (Wildman–Crippen LogP) is 3.58. The zero-order valence-corrected chi connectivity index (χ0v) is 14.4. The molecule has 0 bridgehead atoms. The Bertz CT molecular complexity index is 529. The van der Waals surface area contributed by atoms with Crippen LogP contribution >= 0.6 is 0 Å². The molecule has 4 heteroatoms. The smallest absolute Gasteiger partial charge is 0.317 e. The maximum Gasteiger partial charge on any atom is 0.317 e. The molecule has 2 amide bonds. The molecule has 126 valence electrons. The molecule has 0 radical (unpaired) electrons. The van der Waals surface area contributed by atoms with Crippen LogP contribution in [0.4, 0.5) is 10.5 Å². The molecule has 0 atom stereocenters. The van der Waals surface area contributed by atoms with Crippen molar-refractivity contribution in [3.63, 3.8) is 0 Å². The minimum absolute atomic E-state index is 0.133. The number of rotatable bonds is 3. The summed E-state index contributed by atoms with van der Waals surface area (Å²) in [5.74, 6) is 0.523. The van der Waals surface area contributed by atoms with Crippen LogP contribution in [0.5, 0.6) is 0 Å². The summed E-state index contributed by atoms with van der Waals surface area (Å²) in [5.41, 5.74) is 2.73. The zero-order chi connectivity index (χ0) is 16.2. The van der Waals surface area contributed by atoms with Crippen molar-refractivity contribution in [2.24, 2.45) is 0 Å². The summed E-state index contributed by atoms with van der Waals surface area (Å²) in [4.78, 5) is 16.8. The second-order valence-corrected chi connectivity index (χ2v) is 7.12. The fourth-order valence-electron chi connectivity index (χ4n) is 3.75. The molecule has 1 aliphatic heterocycles. The number of nitrogens with one attached hydrogen (secondary N) is 1. The van der Waals surface area contributed by atoms with E-state index in [9.17, 15) is 4.79 Å². The van der Waals surface area contributed by atoms with Crippen LogP contribution in [0.1, 0.15) is 51.0 Å². The maximum absolute atomic E-state index is 12.4. The summed E-state index contributed by atoms with van der Waals surface area (Å²) in [5, 5.41) is 3.20. The molecule has 23 heavy (non-hydrogen) atoms. The summed E-state index contributed by atoms with van der Waals surface area (Å²) in [7, 11) is 0. The van der Waals surface area contributed by atoms with E-state index in [1.54, 1.807) is 0 Å². The van der Waals surface area contributed by atoms with E-state index in [-0.39, 0.29) is 6.03 Å². The Morgan fingerprint density at radius 1 is 1.09 bits per heavy atom. The summed E-state index contributed by atoms with van der Waals surface area (Å²) in [6, 6.07) is 9.20. The molecule has 0 spiro atoms. The van der Waals surface area contributed by atoms with Crippen LogP contribution in [0, 0.1) is 0 Å². The van der Waals surface area contributed by atoms with Crippen LogP contribution in [0.3, 0.4) is 0 Å². The van der Waals surface area contributed by atoms with E-state index in [0.29, 0.717) is 12.0 Å². The maximum atomic E-state index is 12.4. The summed E-state index contributed by atoms with van der Waals surface area (Å²) < 4.78 is 0. The molecule has 4 nitrogen and oxygen atoms in total. The first kappa shape index (κ1) is 16.2. The molecular weight excluding hydrogens is 286 g/mol. The third kappa shape index (κ3) is 3.80. The summed E-state index contributed by atoms with van der Waals surface area (Å²) in [6.07, 6.45) is 4.80. The van der Waals surface area contributed by atoms with Gasteiger partial charge in [-0.05, 0) is 30.4 Å². The van der Waals surface area contributed by atoms with Gasteiger partial charge >= 0.3 is 6.03 Å². The van der Waals surface area contributed by atoms with Crippen LogP contribution in [0.25, 0.3) is 0 Å². The molecule has 1 aliphatic carbocycles. The first-order chi connectivity index (χ1) is 11.1. The number of hydrogen-bond donors (Lipinski definition) is 1. The molecule has 1 heterocycles. The third-order valence-corrected chi connectivity index (χ3v) is 5.15. The van der Waals surface area contributed by atoms with Crippen LogP contribution in [-0.4, -0.2) is 43.2 Å². The third-order valence-electron chi connectivity index (χ3n) is 5.15. The Morgan fingerprint density at radius 3 is 2.39 bits per heavy atom. The Hall–Kier alpha value is -1.71. The Balaban J connectivity index is 1.57. The molecule has 3 rings (SSSR count). The number of para-hydroxylation sites is 1. The second-order valence-electron chi connectivity index (χ2n) is 7.12. The predicted molar refractivity (Wildman–Crippen MR) is 95.1 cm³/mol. The highest BCUT2D eigenvalue weighted by molar-refractivity contribution is 5.75. The van der Waals surface area contributed by atoms with Crippen LogP contribution < -0.4 is 10.2 Å². The normalized spacial score (nSPS) is 19.4.